The van der Waals surface area contributed by atoms with Gasteiger partial charge in [0.25, 0.3) is 11.6 Å². The van der Waals surface area contributed by atoms with Crippen molar-refractivity contribution >= 4 is 28.9 Å². The van der Waals surface area contributed by atoms with Gasteiger partial charge in [-0.15, -0.1) is 0 Å². The second-order valence-corrected chi connectivity index (χ2v) is 8.82. The zero-order chi connectivity index (χ0) is 28.3. The number of aromatic nitrogens is 2. The predicted molar refractivity (Wildman–Crippen MR) is 136 cm³/mol. The molecule has 1 aromatic heterocycles. The van der Waals surface area contributed by atoms with Crippen molar-refractivity contribution in [2.45, 2.75) is 26.8 Å². The summed E-state index contributed by atoms with van der Waals surface area (Å²) >= 11 is 6.17. The molecule has 0 radical (unpaired) electrons. The number of carbonyl (C=O) groups excluding carboxylic acids is 1. The number of hydrogen-bond donors (Lipinski definition) is 1. The van der Waals surface area contributed by atoms with Crippen molar-refractivity contribution in [2.24, 2.45) is 0 Å². The van der Waals surface area contributed by atoms with Gasteiger partial charge in [-0.05, 0) is 61.4 Å². The molecule has 202 valence electrons. The highest BCUT2D eigenvalue weighted by Crippen LogP contribution is 2.34. The monoisotopic (exact) mass is 560 g/mol. The van der Waals surface area contributed by atoms with Gasteiger partial charge in [0.1, 0.15) is 17.2 Å². The SMILES string of the molecule is Cc1cc(OCn2ccc(C(=O)Nc3cc(Oc4cccc(C(F)(F)F)c4)cc([N+](=O)[O-])c3)n2)cc(C)c1Cl. The molecule has 0 spiro atoms. The van der Waals surface area contributed by atoms with Gasteiger partial charge < -0.3 is 14.8 Å². The van der Waals surface area contributed by atoms with Gasteiger partial charge in [0.2, 0.25) is 0 Å². The van der Waals surface area contributed by atoms with Gasteiger partial charge in [-0.2, -0.15) is 18.3 Å². The van der Waals surface area contributed by atoms with E-state index in [1.807, 2.05) is 13.8 Å². The summed E-state index contributed by atoms with van der Waals surface area (Å²) < 4.78 is 51.6. The molecule has 0 aliphatic heterocycles. The van der Waals surface area contributed by atoms with E-state index in [4.69, 9.17) is 21.1 Å². The van der Waals surface area contributed by atoms with Gasteiger partial charge in [-0.1, -0.05) is 17.7 Å². The highest BCUT2D eigenvalue weighted by Gasteiger charge is 2.30. The fraction of sp³-hybridized carbons (Fsp3) is 0.154. The van der Waals surface area contributed by atoms with E-state index < -0.39 is 28.3 Å². The number of nitro groups is 1. The van der Waals surface area contributed by atoms with Crippen molar-refractivity contribution in [3.05, 3.63) is 104 Å². The van der Waals surface area contributed by atoms with Crippen LogP contribution in [0.5, 0.6) is 17.2 Å². The smallest absolute Gasteiger partial charge is 0.416 e. The largest absolute Gasteiger partial charge is 0.471 e. The minimum atomic E-state index is -4.59. The van der Waals surface area contributed by atoms with Gasteiger partial charge in [-0.3, -0.25) is 14.9 Å². The lowest BCUT2D eigenvalue weighted by atomic mass is 10.1. The topological polar surface area (TPSA) is 109 Å². The van der Waals surface area contributed by atoms with Gasteiger partial charge >= 0.3 is 6.18 Å². The number of aryl methyl sites for hydroxylation is 2. The number of rotatable bonds is 8. The quantitative estimate of drug-likeness (QED) is 0.181. The molecule has 0 aliphatic carbocycles. The highest BCUT2D eigenvalue weighted by atomic mass is 35.5. The van der Waals surface area contributed by atoms with E-state index in [1.165, 1.54) is 29.1 Å². The number of ether oxygens (including phenoxy) is 2. The number of nitrogens with one attached hydrogen (secondary N) is 1. The minimum Gasteiger partial charge on any atom is -0.471 e. The lowest BCUT2D eigenvalue weighted by Gasteiger charge is -2.11. The molecule has 0 aliphatic rings. The van der Waals surface area contributed by atoms with E-state index in [0.717, 1.165) is 41.5 Å². The molecule has 1 heterocycles. The van der Waals surface area contributed by atoms with E-state index in [0.29, 0.717) is 10.8 Å². The second-order valence-electron chi connectivity index (χ2n) is 8.44. The number of nitro benzene ring substituents is 1. The van der Waals surface area contributed by atoms with Crippen LogP contribution in [0.25, 0.3) is 0 Å². The molecule has 4 aromatic rings. The first-order valence-electron chi connectivity index (χ1n) is 11.3. The zero-order valence-corrected chi connectivity index (χ0v) is 21.2. The Morgan fingerprint density at radius 1 is 1.05 bits per heavy atom. The summed E-state index contributed by atoms with van der Waals surface area (Å²) in [5.74, 6) is -0.447. The molecule has 0 saturated heterocycles. The lowest BCUT2D eigenvalue weighted by molar-refractivity contribution is -0.384. The van der Waals surface area contributed by atoms with Crippen molar-refractivity contribution in [2.75, 3.05) is 5.32 Å². The third kappa shape index (κ3) is 6.85. The van der Waals surface area contributed by atoms with Crippen LogP contribution >= 0.6 is 11.6 Å². The Bertz CT molecular complexity index is 1530. The third-order valence-corrected chi connectivity index (χ3v) is 6.00. The van der Waals surface area contributed by atoms with Crippen molar-refractivity contribution < 1.29 is 32.4 Å². The molecule has 0 fully saturated rings. The van der Waals surface area contributed by atoms with Crippen LogP contribution in [0.4, 0.5) is 24.5 Å². The Morgan fingerprint density at radius 3 is 2.44 bits per heavy atom. The molecule has 1 N–H and O–H groups in total. The standard InChI is InChI=1S/C26H20ClF3N4O5/c1-15-8-21(9-16(2)24(15)27)38-14-33-7-6-23(32-33)25(35)31-18-11-19(34(36)37)13-22(12-18)39-20-5-3-4-17(10-20)26(28,29)30/h3-13H,14H2,1-2H3,(H,31,35). The van der Waals surface area contributed by atoms with E-state index in [2.05, 4.69) is 10.4 Å². The van der Waals surface area contributed by atoms with E-state index >= 15 is 0 Å². The number of halogens is 4. The Hall–Kier alpha value is -4.58. The zero-order valence-electron chi connectivity index (χ0n) is 20.5. The molecule has 0 atom stereocenters. The van der Waals surface area contributed by atoms with Crippen LogP contribution in [0.3, 0.4) is 0 Å². The molecule has 3 aromatic carbocycles. The van der Waals surface area contributed by atoms with Crippen molar-refractivity contribution in [1.82, 2.24) is 9.78 Å². The first-order valence-corrected chi connectivity index (χ1v) is 11.7. The predicted octanol–water partition coefficient (Wildman–Crippen LogP) is 7.16. The number of alkyl halides is 3. The minimum absolute atomic E-state index is 0.000418. The summed E-state index contributed by atoms with van der Waals surface area (Å²) in [5, 5.41) is 18.7. The summed E-state index contributed by atoms with van der Waals surface area (Å²) in [6.07, 6.45) is -3.08. The molecule has 9 nitrogen and oxygen atoms in total. The Morgan fingerprint density at radius 2 is 1.77 bits per heavy atom. The van der Waals surface area contributed by atoms with Gasteiger partial charge in [0, 0.05) is 23.4 Å². The lowest BCUT2D eigenvalue weighted by Crippen LogP contribution is -2.14. The number of hydrogen-bond acceptors (Lipinski definition) is 6. The van der Waals surface area contributed by atoms with Crippen LogP contribution in [0.2, 0.25) is 5.02 Å². The summed E-state index contributed by atoms with van der Waals surface area (Å²) in [4.78, 5) is 23.4. The summed E-state index contributed by atoms with van der Waals surface area (Å²) in [6, 6.07) is 12.4. The number of benzene rings is 3. The maximum Gasteiger partial charge on any atom is 0.416 e. The molecule has 0 saturated carbocycles. The Labute approximate surface area is 224 Å². The molecule has 0 bridgehead atoms. The summed E-state index contributed by atoms with van der Waals surface area (Å²) in [7, 11) is 0. The average Bonchev–Trinajstić information content (AvgIpc) is 3.35. The second kappa shape index (κ2) is 11.0. The fourth-order valence-electron chi connectivity index (χ4n) is 3.57. The Balaban J connectivity index is 1.48. The van der Waals surface area contributed by atoms with Crippen LogP contribution in [-0.2, 0) is 12.9 Å². The van der Waals surface area contributed by atoms with Gasteiger partial charge in [0.15, 0.2) is 12.4 Å². The average molecular weight is 561 g/mol. The molecule has 1 amide bonds. The number of amides is 1. The molecule has 0 unspecified atom stereocenters. The maximum absolute atomic E-state index is 13.0. The maximum atomic E-state index is 13.0. The number of non-ortho nitro benzene ring substituents is 1. The summed E-state index contributed by atoms with van der Waals surface area (Å²) in [5.41, 5.74) is 0.284. The molecular weight excluding hydrogens is 541 g/mol. The van der Waals surface area contributed by atoms with E-state index in [-0.39, 0.29) is 29.6 Å². The first-order chi connectivity index (χ1) is 18.4. The van der Waals surface area contributed by atoms with Gasteiger partial charge in [0.05, 0.1) is 22.2 Å². The third-order valence-electron chi connectivity index (χ3n) is 5.40. The molecule has 4 rings (SSSR count). The van der Waals surface area contributed by atoms with Crippen LogP contribution < -0.4 is 14.8 Å². The number of anilines is 1. The first kappa shape index (κ1) is 27.5. The van der Waals surface area contributed by atoms with E-state index in [1.54, 1.807) is 12.1 Å². The Kier molecular flexibility index (Phi) is 7.77. The summed E-state index contributed by atoms with van der Waals surface area (Å²) in [6.45, 7) is 3.70. The normalized spacial score (nSPS) is 11.2. The van der Waals surface area contributed by atoms with Crippen molar-refractivity contribution in [3.63, 3.8) is 0 Å². The van der Waals surface area contributed by atoms with Crippen LogP contribution in [0.1, 0.15) is 27.2 Å². The highest BCUT2D eigenvalue weighted by molar-refractivity contribution is 6.32. The van der Waals surface area contributed by atoms with Gasteiger partial charge in [-0.25, -0.2) is 4.68 Å². The van der Waals surface area contributed by atoms with Crippen LogP contribution in [-0.4, -0.2) is 20.6 Å². The molecule has 39 heavy (non-hydrogen) atoms. The van der Waals surface area contributed by atoms with Crippen molar-refractivity contribution in [3.8, 4) is 17.2 Å². The fourth-order valence-corrected chi connectivity index (χ4v) is 3.68. The van der Waals surface area contributed by atoms with Crippen molar-refractivity contribution in [1.29, 1.82) is 0 Å². The number of nitrogens with zero attached hydrogens (tertiary/aromatic N) is 3. The van der Waals surface area contributed by atoms with E-state index in [9.17, 15) is 28.1 Å². The van der Waals surface area contributed by atoms with Crippen LogP contribution in [0.15, 0.2) is 66.9 Å². The molecular formula is C26H20ClF3N4O5. The van der Waals surface area contributed by atoms with Crippen LogP contribution in [0, 0.1) is 24.0 Å². The number of carbonyl (C=O) groups is 1. The molecule has 13 heteroatoms.